The highest BCUT2D eigenvalue weighted by Gasteiger charge is 2.25. The van der Waals surface area contributed by atoms with Gasteiger partial charge in [-0.3, -0.25) is 0 Å². The van der Waals surface area contributed by atoms with E-state index in [0.29, 0.717) is 0 Å². The molecule has 0 saturated heterocycles. The van der Waals surface area contributed by atoms with Crippen molar-refractivity contribution in [3.8, 4) is 61.8 Å². The molecule has 0 spiro atoms. The van der Waals surface area contributed by atoms with E-state index in [0.717, 1.165) is 33.9 Å². The number of nitrogens with zero attached hydrogens (tertiary/aromatic N) is 3. The van der Waals surface area contributed by atoms with Gasteiger partial charge in [0.15, 0.2) is 5.82 Å². The molecule has 0 N–H and O–H groups in total. The Balaban J connectivity index is 1.40. The molecular formula is C40H25N3. The second kappa shape index (κ2) is 9.37. The summed E-state index contributed by atoms with van der Waals surface area (Å²) in [4.78, 5) is 10.4. The molecule has 0 saturated carbocycles. The van der Waals surface area contributed by atoms with Gasteiger partial charge in [-0.2, -0.15) is 0 Å². The minimum absolute atomic E-state index is 0.717. The highest BCUT2D eigenvalue weighted by molar-refractivity contribution is 6.17. The maximum Gasteiger partial charge on any atom is 0.160 e. The van der Waals surface area contributed by atoms with Crippen molar-refractivity contribution in [2.75, 3.05) is 0 Å². The Morgan fingerprint density at radius 2 is 0.953 bits per heavy atom. The van der Waals surface area contributed by atoms with E-state index >= 15 is 0 Å². The number of hydrogen-bond acceptors (Lipinski definition) is 2. The van der Waals surface area contributed by atoms with Gasteiger partial charge in [0, 0.05) is 38.6 Å². The van der Waals surface area contributed by atoms with Crippen LogP contribution >= 0.6 is 0 Å². The smallest absolute Gasteiger partial charge is 0.160 e. The molecule has 8 aromatic rings. The van der Waals surface area contributed by atoms with Crippen LogP contribution in [-0.2, 0) is 0 Å². The molecular weight excluding hydrogens is 522 g/mol. The zero-order valence-corrected chi connectivity index (χ0v) is 23.3. The zero-order valence-electron chi connectivity index (χ0n) is 23.3. The van der Waals surface area contributed by atoms with Gasteiger partial charge in [0.05, 0.1) is 28.1 Å². The second-order valence-electron chi connectivity index (χ2n) is 11.0. The van der Waals surface area contributed by atoms with Crippen LogP contribution in [0.15, 0.2) is 152 Å². The van der Waals surface area contributed by atoms with Gasteiger partial charge in [-0.25, -0.2) is 9.97 Å². The first-order chi connectivity index (χ1) is 21.3. The lowest BCUT2D eigenvalue weighted by Crippen LogP contribution is -1.97. The minimum Gasteiger partial charge on any atom is -0.308 e. The molecule has 43 heavy (non-hydrogen) atoms. The topological polar surface area (TPSA) is 30.7 Å². The van der Waals surface area contributed by atoms with Crippen LogP contribution in [0, 0.1) is 0 Å². The minimum atomic E-state index is 0.717. The first kappa shape index (κ1) is 23.9. The van der Waals surface area contributed by atoms with Crippen LogP contribution in [0.25, 0.3) is 83.6 Å². The first-order valence-corrected chi connectivity index (χ1v) is 14.6. The summed E-state index contributed by atoms with van der Waals surface area (Å²) in [5.74, 6) is 0.717. The van der Waals surface area contributed by atoms with Gasteiger partial charge < -0.3 is 4.57 Å². The lowest BCUT2D eigenvalue weighted by Gasteiger charge is -2.13. The largest absolute Gasteiger partial charge is 0.308 e. The van der Waals surface area contributed by atoms with Crippen molar-refractivity contribution in [2.45, 2.75) is 0 Å². The number of hydrogen-bond donors (Lipinski definition) is 0. The third-order valence-corrected chi connectivity index (χ3v) is 8.54. The van der Waals surface area contributed by atoms with Crippen LogP contribution < -0.4 is 0 Å². The second-order valence-corrected chi connectivity index (χ2v) is 11.0. The third-order valence-electron chi connectivity index (χ3n) is 8.54. The monoisotopic (exact) mass is 547 g/mol. The average molecular weight is 548 g/mol. The molecule has 3 heteroatoms. The maximum atomic E-state index is 5.19. The van der Waals surface area contributed by atoms with Crippen molar-refractivity contribution in [1.82, 2.24) is 14.5 Å². The van der Waals surface area contributed by atoms with Crippen LogP contribution in [0.4, 0.5) is 0 Å². The molecule has 0 bridgehead atoms. The zero-order chi connectivity index (χ0) is 28.3. The molecule has 2 aromatic heterocycles. The van der Waals surface area contributed by atoms with E-state index in [-0.39, 0.29) is 0 Å². The molecule has 0 fully saturated rings. The Hall–Kier alpha value is -5.80. The van der Waals surface area contributed by atoms with Crippen LogP contribution in [-0.4, -0.2) is 14.5 Å². The van der Waals surface area contributed by atoms with E-state index in [4.69, 9.17) is 9.97 Å². The fraction of sp³-hybridized carbons (Fsp3) is 0. The number of benzene rings is 6. The molecule has 1 aliphatic heterocycles. The van der Waals surface area contributed by atoms with Crippen molar-refractivity contribution in [3.05, 3.63) is 152 Å². The lowest BCUT2D eigenvalue weighted by atomic mass is 9.92. The van der Waals surface area contributed by atoms with Crippen LogP contribution in [0.5, 0.6) is 0 Å². The Labute approximate surface area is 249 Å². The maximum absolute atomic E-state index is 5.19. The molecule has 0 amide bonds. The molecule has 6 aromatic carbocycles. The van der Waals surface area contributed by atoms with Crippen LogP contribution in [0.2, 0.25) is 0 Å². The molecule has 1 aliphatic rings. The van der Waals surface area contributed by atoms with Crippen molar-refractivity contribution in [2.24, 2.45) is 0 Å². The number of rotatable bonds is 3. The lowest BCUT2D eigenvalue weighted by molar-refractivity contribution is 1.18. The summed E-state index contributed by atoms with van der Waals surface area (Å²) < 4.78 is 2.44. The standard InChI is InChI=1S/C40H25N3/c1-3-13-26(14-4-1)35-25-36(27-15-5-2-6-16-27)42-40(41-35)28-23-33-30-18-8-7-17-29(30)31-19-9-11-21-37(31)43-38-22-12-10-20-32(38)34(24-28)39(33)43/h1-25H. The van der Waals surface area contributed by atoms with Crippen molar-refractivity contribution in [1.29, 1.82) is 0 Å². The summed E-state index contributed by atoms with van der Waals surface area (Å²) in [6.07, 6.45) is 0. The molecule has 9 rings (SSSR count). The first-order valence-electron chi connectivity index (χ1n) is 14.6. The Kier molecular flexibility index (Phi) is 5.20. The van der Waals surface area contributed by atoms with E-state index < -0.39 is 0 Å². The van der Waals surface area contributed by atoms with E-state index in [2.05, 4.69) is 144 Å². The van der Waals surface area contributed by atoms with Crippen molar-refractivity contribution < 1.29 is 0 Å². The summed E-state index contributed by atoms with van der Waals surface area (Å²) in [6, 6.07) is 53.6. The molecule has 200 valence electrons. The highest BCUT2D eigenvalue weighted by Crippen LogP contribution is 2.47. The normalized spacial score (nSPS) is 11.7. The van der Waals surface area contributed by atoms with E-state index in [1.807, 2.05) is 12.1 Å². The molecule has 3 heterocycles. The predicted molar refractivity (Wildman–Crippen MR) is 177 cm³/mol. The van der Waals surface area contributed by atoms with E-state index in [9.17, 15) is 0 Å². The Morgan fingerprint density at radius 3 is 1.65 bits per heavy atom. The fourth-order valence-corrected chi connectivity index (χ4v) is 6.62. The third kappa shape index (κ3) is 3.68. The van der Waals surface area contributed by atoms with Gasteiger partial charge in [0.2, 0.25) is 0 Å². The predicted octanol–water partition coefficient (Wildman–Crippen LogP) is 10.2. The summed E-state index contributed by atoms with van der Waals surface area (Å²) in [5.41, 5.74) is 13.4. The molecule has 0 aliphatic carbocycles. The van der Waals surface area contributed by atoms with Gasteiger partial charge in [-0.05, 0) is 41.5 Å². The molecule has 3 nitrogen and oxygen atoms in total. The van der Waals surface area contributed by atoms with Crippen molar-refractivity contribution in [3.63, 3.8) is 0 Å². The fourth-order valence-electron chi connectivity index (χ4n) is 6.62. The van der Waals surface area contributed by atoms with Gasteiger partial charge in [0.25, 0.3) is 0 Å². The molecule has 0 unspecified atom stereocenters. The number of aromatic nitrogens is 3. The quantitative estimate of drug-likeness (QED) is 0.220. The van der Waals surface area contributed by atoms with Gasteiger partial charge in [-0.15, -0.1) is 0 Å². The van der Waals surface area contributed by atoms with E-state index in [1.54, 1.807) is 0 Å². The SMILES string of the molecule is c1ccc(-c2cc(-c3ccccc3)nc(-c3cc4c5c(c3)c3ccccc3n5-c3ccccc3-c3ccccc3-4)n2)cc1. The summed E-state index contributed by atoms with van der Waals surface area (Å²) in [6.45, 7) is 0. The highest BCUT2D eigenvalue weighted by atomic mass is 15.0. The van der Waals surface area contributed by atoms with Crippen molar-refractivity contribution >= 4 is 21.8 Å². The van der Waals surface area contributed by atoms with Gasteiger partial charge in [-0.1, -0.05) is 121 Å². The number of para-hydroxylation sites is 2. The van der Waals surface area contributed by atoms with Crippen LogP contribution in [0.3, 0.4) is 0 Å². The number of fused-ring (bicyclic) bond motifs is 8. The molecule has 0 atom stereocenters. The summed E-state index contributed by atoms with van der Waals surface area (Å²) in [7, 11) is 0. The Bertz CT molecular complexity index is 2280. The average Bonchev–Trinajstić information content (AvgIpc) is 3.36. The van der Waals surface area contributed by atoms with E-state index in [1.165, 1.54) is 49.7 Å². The van der Waals surface area contributed by atoms with Crippen LogP contribution in [0.1, 0.15) is 0 Å². The summed E-state index contributed by atoms with van der Waals surface area (Å²) in [5, 5.41) is 2.42. The van der Waals surface area contributed by atoms with Gasteiger partial charge in [0.1, 0.15) is 0 Å². The summed E-state index contributed by atoms with van der Waals surface area (Å²) >= 11 is 0. The van der Waals surface area contributed by atoms with Gasteiger partial charge >= 0.3 is 0 Å². The Morgan fingerprint density at radius 1 is 0.395 bits per heavy atom. The molecule has 0 radical (unpaired) electrons.